The van der Waals surface area contributed by atoms with E-state index in [0.29, 0.717) is 17.9 Å². The van der Waals surface area contributed by atoms with Gasteiger partial charge in [-0.25, -0.2) is 0 Å². The van der Waals surface area contributed by atoms with Crippen LogP contribution < -0.4 is 5.32 Å². The maximum Gasteiger partial charge on any atom is 0.241 e. The zero-order chi connectivity index (χ0) is 13.1. The second kappa shape index (κ2) is 6.02. The van der Waals surface area contributed by atoms with E-state index in [2.05, 4.69) is 35.9 Å². The smallest absolute Gasteiger partial charge is 0.241 e. The molecule has 0 spiro atoms. The molecular formula is C14H27N3O. The van der Waals surface area contributed by atoms with Crippen LogP contribution in [-0.4, -0.2) is 54.1 Å². The molecule has 2 aliphatic heterocycles. The van der Waals surface area contributed by atoms with E-state index in [-0.39, 0.29) is 6.04 Å². The van der Waals surface area contributed by atoms with Crippen molar-refractivity contribution in [3.8, 4) is 0 Å². The molecule has 0 aliphatic carbocycles. The lowest BCUT2D eigenvalue weighted by Gasteiger charge is -2.36. The maximum absolute atomic E-state index is 12.4. The van der Waals surface area contributed by atoms with Gasteiger partial charge >= 0.3 is 0 Å². The Morgan fingerprint density at radius 2 is 2.22 bits per heavy atom. The summed E-state index contributed by atoms with van der Waals surface area (Å²) in [6.07, 6.45) is 3.34. The topological polar surface area (TPSA) is 35.6 Å². The summed E-state index contributed by atoms with van der Waals surface area (Å²) in [7, 11) is 0. The highest BCUT2D eigenvalue weighted by Crippen LogP contribution is 2.20. The van der Waals surface area contributed by atoms with Crippen molar-refractivity contribution in [1.29, 1.82) is 0 Å². The predicted octanol–water partition coefficient (Wildman–Crippen LogP) is 1.27. The summed E-state index contributed by atoms with van der Waals surface area (Å²) in [5.74, 6) is 0.900. The van der Waals surface area contributed by atoms with Gasteiger partial charge in [0.1, 0.15) is 0 Å². The lowest BCUT2D eigenvalue weighted by molar-refractivity contribution is -0.132. The molecule has 4 nitrogen and oxygen atoms in total. The summed E-state index contributed by atoms with van der Waals surface area (Å²) in [6, 6.07) is 0.484. The van der Waals surface area contributed by atoms with Crippen LogP contribution in [0.4, 0.5) is 0 Å². The van der Waals surface area contributed by atoms with Crippen molar-refractivity contribution in [2.45, 2.75) is 52.1 Å². The third kappa shape index (κ3) is 3.04. The molecule has 2 fully saturated rings. The van der Waals surface area contributed by atoms with Crippen molar-refractivity contribution >= 4 is 5.91 Å². The number of amides is 1. The Morgan fingerprint density at radius 3 is 2.89 bits per heavy atom. The minimum Gasteiger partial charge on any atom is -0.324 e. The van der Waals surface area contributed by atoms with Gasteiger partial charge in [-0.05, 0) is 38.3 Å². The van der Waals surface area contributed by atoms with Crippen LogP contribution in [0.25, 0.3) is 0 Å². The fourth-order valence-electron chi connectivity index (χ4n) is 3.11. The first-order valence-corrected chi connectivity index (χ1v) is 7.38. The molecule has 0 bridgehead atoms. The van der Waals surface area contributed by atoms with E-state index in [1.54, 1.807) is 0 Å². The minimum absolute atomic E-state index is 0.0574. The molecule has 1 amide bonds. The van der Waals surface area contributed by atoms with Gasteiger partial charge in [-0.3, -0.25) is 10.1 Å². The molecule has 104 valence electrons. The van der Waals surface area contributed by atoms with Crippen LogP contribution in [0.15, 0.2) is 0 Å². The monoisotopic (exact) mass is 253 g/mol. The summed E-state index contributed by atoms with van der Waals surface area (Å²) in [5, 5.41) is 3.38. The van der Waals surface area contributed by atoms with Crippen molar-refractivity contribution in [3.63, 3.8) is 0 Å². The van der Waals surface area contributed by atoms with E-state index in [4.69, 9.17) is 0 Å². The number of nitrogens with one attached hydrogen (secondary N) is 1. The Kier molecular flexibility index (Phi) is 4.62. The summed E-state index contributed by atoms with van der Waals surface area (Å²) in [5.41, 5.74) is 0. The Balaban J connectivity index is 1.92. The molecule has 0 aromatic carbocycles. The van der Waals surface area contributed by atoms with Crippen molar-refractivity contribution in [1.82, 2.24) is 15.1 Å². The van der Waals surface area contributed by atoms with Crippen molar-refractivity contribution in [2.24, 2.45) is 5.92 Å². The zero-order valence-corrected chi connectivity index (χ0v) is 12.0. The Morgan fingerprint density at radius 1 is 1.44 bits per heavy atom. The molecule has 2 saturated heterocycles. The van der Waals surface area contributed by atoms with Gasteiger partial charge in [0.2, 0.25) is 5.91 Å². The summed E-state index contributed by atoms with van der Waals surface area (Å²) >= 11 is 0. The zero-order valence-electron chi connectivity index (χ0n) is 12.0. The average molecular weight is 253 g/mol. The normalized spacial score (nSPS) is 30.4. The van der Waals surface area contributed by atoms with Crippen LogP contribution in [0.3, 0.4) is 0 Å². The fraction of sp³-hybridized carbons (Fsp3) is 0.929. The minimum atomic E-state index is 0.0574. The molecular weight excluding hydrogens is 226 g/mol. The molecule has 0 saturated carbocycles. The molecule has 2 atom stereocenters. The number of rotatable bonds is 4. The number of likely N-dealkylation sites (tertiary alicyclic amines) is 1. The second-order valence-electron chi connectivity index (χ2n) is 6.04. The second-order valence-corrected chi connectivity index (χ2v) is 6.04. The SMILES string of the molecule is CCN1CCCC(N2CNC(CC(C)C)C2=O)C1. The number of likely N-dealkylation sites (N-methyl/N-ethyl adjacent to an activating group) is 1. The van der Waals surface area contributed by atoms with E-state index < -0.39 is 0 Å². The quantitative estimate of drug-likeness (QED) is 0.819. The first-order valence-electron chi connectivity index (χ1n) is 7.38. The molecule has 2 aliphatic rings. The van der Waals surface area contributed by atoms with E-state index in [1.165, 1.54) is 13.0 Å². The highest BCUT2D eigenvalue weighted by Gasteiger charge is 2.36. The molecule has 2 rings (SSSR count). The predicted molar refractivity (Wildman–Crippen MR) is 73.2 cm³/mol. The Labute approximate surface area is 111 Å². The van der Waals surface area contributed by atoms with E-state index in [0.717, 1.165) is 32.6 Å². The van der Waals surface area contributed by atoms with Gasteiger partial charge in [0.05, 0.1) is 12.7 Å². The van der Waals surface area contributed by atoms with Crippen LogP contribution in [-0.2, 0) is 4.79 Å². The number of piperidine rings is 1. The van der Waals surface area contributed by atoms with Crippen molar-refractivity contribution in [2.75, 3.05) is 26.3 Å². The van der Waals surface area contributed by atoms with E-state index >= 15 is 0 Å². The first kappa shape index (κ1) is 13.8. The standard InChI is InChI=1S/C14H27N3O/c1-4-16-7-5-6-12(9-16)17-10-15-13(14(17)18)8-11(2)3/h11-13,15H,4-10H2,1-3H3. The van der Waals surface area contributed by atoms with E-state index in [9.17, 15) is 4.79 Å². The van der Waals surface area contributed by atoms with Crippen molar-refractivity contribution < 1.29 is 4.79 Å². The number of carbonyl (C=O) groups excluding carboxylic acids is 1. The van der Waals surface area contributed by atoms with Gasteiger partial charge in [0.25, 0.3) is 0 Å². The summed E-state index contributed by atoms with van der Waals surface area (Å²) in [4.78, 5) is 16.9. The third-order valence-corrected chi connectivity index (χ3v) is 4.16. The van der Waals surface area contributed by atoms with Gasteiger partial charge < -0.3 is 9.80 Å². The maximum atomic E-state index is 12.4. The average Bonchev–Trinajstić information content (AvgIpc) is 2.70. The van der Waals surface area contributed by atoms with Crippen LogP contribution in [0.2, 0.25) is 0 Å². The van der Waals surface area contributed by atoms with Gasteiger partial charge in [0, 0.05) is 12.6 Å². The molecule has 18 heavy (non-hydrogen) atoms. The number of hydrogen-bond donors (Lipinski definition) is 1. The fourth-order valence-corrected chi connectivity index (χ4v) is 3.11. The Bertz CT molecular complexity index is 293. The number of nitrogens with zero attached hydrogens (tertiary/aromatic N) is 2. The van der Waals surface area contributed by atoms with Gasteiger partial charge in [0.15, 0.2) is 0 Å². The Hall–Kier alpha value is -0.610. The van der Waals surface area contributed by atoms with Gasteiger partial charge in [-0.15, -0.1) is 0 Å². The van der Waals surface area contributed by atoms with Crippen LogP contribution in [0.1, 0.15) is 40.0 Å². The largest absolute Gasteiger partial charge is 0.324 e. The van der Waals surface area contributed by atoms with E-state index in [1.807, 2.05) is 0 Å². The lowest BCUT2D eigenvalue weighted by atomic mass is 10.0. The molecule has 2 unspecified atom stereocenters. The molecule has 0 radical (unpaired) electrons. The highest BCUT2D eigenvalue weighted by molar-refractivity contribution is 5.84. The number of hydrogen-bond acceptors (Lipinski definition) is 3. The van der Waals surface area contributed by atoms with Crippen LogP contribution >= 0.6 is 0 Å². The first-order chi connectivity index (χ1) is 8.61. The number of carbonyl (C=O) groups is 1. The summed E-state index contributed by atoms with van der Waals surface area (Å²) < 4.78 is 0. The van der Waals surface area contributed by atoms with Crippen LogP contribution in [0, 0.1) is 5.92 Å². The molecule has 4 heteroatoms. The molecule has 0 aromatic heterocycles. The molecule has 2 heterocycles. The highest BCUT2D eigenvalue weighted by atomic mass is 16.2. The van der Waals surface area contributed by atoms with Crippen LogP contribution in [0.5, 0.6) is 0 Å². The van der Waals surface area contributed by atoms with Gasteiger partial charge in [-0.2, -0.15) is 0 Å². The molecule has 0 aromatic rings. The van der Waals surface area contributed by atoms with Gasteiger partial charge in [-0.1, -0.05) is 20.8 Å². The summed E-state index contributed by atoms with van der Waals surface area (Å²) in [6.45, 7) is 10.7. The third-order valence-electron chi connectivity index (χ3n) is 4.16. The van der Waals surface area contributed by atoms with Crippen molar-refractivity contribution in [3.05, 3.63) is 0 Å². The lowest BCUT2D eigenvalue weighted by Crippen LogP contribution is -2.49. The molecule has 1 N–H and O–H groups in total.